The maximum atomic E-state index is 10.2. The van der Waals surface area contributed by atoms with Gasteiger partial charge < -0.3 is 77.5 Å². The Bertz CT molecular complexity index is 986. The number of carboxylic acids is 9. The van der Waals surface area contributed by atoms with Crippen LogP contribution in [-0.2, 0) is 43.2 Å². The van der Waals surface area contributed by atoms with Crippen LogP contribution in [0.25, 0.3) is 0 Å². The predicted octanol–water partition coefficient (Wildman–Crippen LogP) is -5.69. The Hall–Kier alpha value is -5.67. The number of carboxylic acid groups (broad SMARTS) is 9. The molecule has 0 radical (unpaired) electrons. The second-order valence-electron chi connectivity index (χ2n) is 11.0. The highest BCUT2D eigenvalue weighted by molar-refractivity contribution is 5.89. The summed E-state index contributed by atoms with van der Waals surface area (Å²) in [6.07, 6.45) is 4.81. The van der Waals surface area contributed by atoms with Gasteiger partial charge in [-0.1, -0.05) is 41.5 Å². The molecular formula is C30H51N3O18. The second-order valence-corrected chi connectivity index (χ2v) is 11.0. The van der Waals surface area contributed by atoms with Crippen LogP contribution in [0.3, 0.4) is 0 Å². The van der Waals surface area contributed by atoms with Crippen molar-refractivity contribution in [1.82, 2.24) is 0 Å². The zero-order valence-electron chi connectivity index (χ0n) is 29.3. The largest absolute Gasteiger partial charge is 0.545 e. The Morgan fingerprint density at radius 2 is 0.569 bits per heavy atom. The Balaban J connectivity index is -0.000000119. The fraction of sp³-hybridized carbons (Fsp3) is 0.500. The van der Waals surface area contributed by atoms with Crippen molar-refractivity contribution in [2.45, 2.75) is 78.9 Å². The molecule has 0 heterocycles. The zero-order valence-corrected chi connectivity index (χ0v) is 29.3. The van der Waals surface area contributed by atoms with Crippen molar-refractivity contribution in [2.75, 3.05) is 0 Å². The van der Waals surface area contributed by atoms with Gasteiger partial charge in [-0.25, -0.2) is 28.8 Å². The SMILES string of the molecule is CC(C)C[C@H]([NH3+])C(=O)O.CC(C)C[C@H]([NH3+])C(=O)O.CC(C)C[C@H]([NH3+])C(=O)O.O=C([O-])/C=C\C(=O)O.O=C([O-])/C=C\C(=O)O.O=C([O-])/C=C\C(=O)O. The van der Waals surface area contributed by atoms with Crippen molar-refractivity contribution < 1.29 is 106 Å². The zero-order chi connectivity index (χ0) is 42.0. The summed E-state index contributed by atoms with van der Waals surface area (Å²) in [5, 5.41) is 76.8. The van der Waals surface area contributed by atoms with Crippen LogP contribution in [0.4, 0.5) is 0 Å². The molecule has 0 aromatic heterocycles. The van der Waals surface area contributed by atoms with E-state index >= 15 is 0 Å². The fourth-order valence-corrected chi connectivity index (χ4v) is 2.43. The van der Waals surface area contributed by atoms with E-state index in [1.54, 1.807) is 0 Å². The Morgan fingerprint density at radius 3 is 0.608 bits per heavy atom. The molecule has 0 aromatic rings. The van der Waals surface area contributed by atoms with Crippen molar-refractivity contribution in [2.24, 2.45) is 17.8 Å². The molecule has 15 N–H and O–H groups in total. The van der Waals surface area contributed by atoms with E-state index in [0.717, 1.165) is 0 Å². The van der Waals surface area contributed by atoms with Crippen molar-refractivity contribution in [1.29, 1.82) is 0 Å². The number of carbonyl (C=O) groups excluding carboxylic acids is 3. The summed E-state index contributed by atoms with van der Waals surface area (Å²) in [6, 6.07) is -1.32. The quantitative estimate of drug-likeness (QED) is 0.0706. The molecule has 0 saturated carbocycles. The monoisotopic (exact) mass is 741 g/mol. The molecule has 21 nitrogen and oxygen atoms in total. The summed E-state index contributed by atoms with van der Waals surface area (Å²) in [5.74, 6) is -9.56. The molecule has 0 aliphatic carbocycles. The first-order valence-corrected chi connectivity index (χ1v) is 14.5. The number of aliphatic carboxylic acids is 9. The summed E-state index contributed by atoms with van der Waals surface area (Å²) >= 11 is 0. The molecular weight excluding hydrogens is 690 g/mol. The van der Waals surface area contributed by atoms with Crippen LogP contribution in [0, 0.1) is 17.8 Å². The first-order valence-electron chi connectivity index (χ1n) is 14.5. The highest BCUT2D eigenvalue weighted by Gasteiger charge is 2.17. The van der Waals surface area contributed by atoms with Crippen molar-refractivity contribution in [3.63, 3.8) is 0 Å². The maximum absolute atomic E-state index is 10.2. The van der Waals surface area contributed by atoms with Crippen LogP contribution < -0.4 is 32.5 Å². The van der Waals surface area contributed by atoms with E-state index in [1.165, 1.54) is 0 Å². The summed E-state index contributed by atoms with van der Waals surface area (Å²) in [5.41, 5.74) is 10.4. The highest BCUT2D eigenvalue weighted by atomic mass is 16.4. The van der Waals surface area contributed by atoms with E-state index in [9.17, 15) is 58.5 Å². The van der Waals surface area contributed by atoms with Gasteiger partial charge in [-0.3, -0.25) is 0 Å². The normalized spacial score (nSPS) is 11.8. The van der Waals surface area contributed by atoms with E-state index in [4.69, 9.17) is 30.6 Å². The molecule has 0 saturated heterocycles. The number of rotatable bonds is 15. The standard InChI is InChI=1S/3C6H13NO2.3C4H4O4/c3*1-4(2)3-5(7)6(8)9;3*5-3(6)1-2-4(7)8/h3*4-5H,3,7H2,1-2H3,(H,8,9);3*1-2H,(H,5,6)(H,7,8)/b;;;3*2-1-/t3*5-;;;/m000.../s1. The minimum absolute atomic E-state index is 0.420. The van der Waals surface area contributed by atoms with E-state index in [-0.39, 0.29) is 0 Å². The van der Waals surface area contributed by atoms with Gasteiger partial charge in [0.2, 0.25) is 0 Å². The van der Waals surface area contributed by atoms with Gasteiger partial charge >= 0.3 is 35.8 Å². The topological polar surface area (TPSA) is 427 Å². The molecule has 0 unspecified atom stereocenters. The van der Waals surface area contributed by atoms with E-state index in [0.29, 0.717) is 73.5 Å². The maximum Gasteiger partial charge on any atom is 0.362 e. The number of hydrogen-bond acceptors (Lipinski definition) is 12. The first kappa shape index (κ1) is 57.6. The molecule has 0 fully saturated rings. The summed E-state index contributed by atoms with van der Waals surface area (Å²) in [4.78, 5) is 87.4. The first-order chi connectivity index (χ1) is 23.0. The molecule has 0 amide bonds. The van der Waals surface area contributed by atoms with E-state index in [2.05, 4.69) is 17.2 Å². The lowest BCUT2D eigenvalue weighted by atomic mass is 10.1. The van der Waals surface area contributed by atoms with Gasteiger partial charge in [0, 0.05) is 37.5 Å². The number of hydrogen-bond donors (Lipinski definition) is 9. The molecule has 294 valence electrons. The number of quaternary nitrogens is 3. The lowest BCUT2D eigenvalue weighted by Gasteiger charge is -2.04. The third kappa shape index (κ3) is 71.5. The minimum Gasteiger partial charge on any atom is -0.545 e. The average Bonchev–Trinajstić information content (AvgIpc) is 2.94. The van der Waals surface area contributed by atoms with Gasteiger partial charge in [-0.15, -0.1) is 0 Å². The van der Waals surface area contributed by atoms with Gasteiger partial charge in [0.1, 0.15) is 0 Å². The Morgan fingerprint density at radius 1 is 0.412 bits per heavy atom. The molecule has 51 heavy (non-hydrogen) atoms. The molecule has 0 aliphatic heterocycles. The molecule has 21 heteroatoms. The van der Waals surface area contributed by atoms with Crippen molar-refractivity contribution in [3.8, 4) is 0 Å². The molecule has 0 rings (SSSR count). The third-order valence-electron chi connectivity index (χ3n) is 4.40. The smallest absolute Gasteiger partial charge is 0.362 e. The molecule has 3 atom stereocenters. The second kappa shape index (κ2) is 35.6. The van der Waals surface area contributed by atoms with Crippen molar-refractivity contribution >= 4 is 53.7 Å². The lowest BCUT2D eigenvalue weighted by Crippen LogP contribution is -2.65. The van der Waals surface area contributed by atoms with Gasteiger partial charge in [0.15, 0.2) is 18.1 Å². The van der Waals surface area contributed by atoms with E-state index < -0.39 is 71.8 Å². The lowest BCUT2D eigenvalue weighted by molar-refractivity contribution is -0.410. The van der Waals surface area contributed by atoms with Crippen LogP contribution in [-0.4, -0.2) is 102 Å². The fourth-order valence-electron chi connectivity index (χ4n) is 2.43. The molecule has 0 spiro atoms. The van der Waals surface area contributed by atoms with Gasteiger partial charge in [-0.05, 0) is 36.0 Å². The number of carbonyl (C=O) groups is 9. The molecule has 0 bridgehead atoms. The molecule has 0 aliphatic rings. The summed E-state index contributed by atoms with van der Waals surface area (Å²) in [7, 11) is 0. The van der Waals surface area contributed by atoms with Gasteiger partial charge in [0.05, 0.1) is 17.9 Å². The van der Waals surface area contributed by atoms with Crippen LogP contribution in [0.1, 0.15) is 60.8 Å². The Labute approximate surface area is 293 Å². The van der Waals surface area contributed by atoms with Gasteiger partial charge in [0.25, 0.3) is 0 Å². The summed E-state index contributed by atoms with van der Waals surface area (Å²) in [6.45, 7) is 11.9. The Kier molecular flexibility index (Phi) is 40.2. The predicted molar refractivity (Wildman–Crippen MR) is 167 cm³/mol. The molecule has 0 aromatic carbocycles. The third-order valence-corrected chi connectivity index (χ3v) is 4.40. The van der Waals surface area contributed by atoms with E-state index in [1.807, 2.05) is 41.5 Å². The van der Waals surface area contributed by atoms with Gasteiger partial charge in [-0.2, -0.15) is 0 Å². The van der Waals surface area contributed by atoms with Crippen LogP contribution in [0.15, 0.2) is 36.5 Å². The van der Waals surface area contributed by atoms with Crippen LogP contribution in [0.2, 0.25) is 0 Å². The van der Waals surface area contributed by atoms with Crippen LogP contribution in [0.5, 0.6) is 0 Å². The summed E-state index contributed by atoms with van der Waals surface area (Å²) < 4.78 is 0. The van der Waals surface area contributed by atoms with Crippen molar-refractivity contribution in [3.05, 3.63) is 36.5 Å². The van der Waals surface area contributed by atoms with Crippen LogP contribution >= 0.6 is 0 Å². The highest BCUT2D eigenvalue weighted by Crippen LogP contribution is 2.01. The minimum atomic E-state index is -1.51. The average molecular weight is 742 g/mol.